The Kier molecular flexibility index (Phi) is 11.8. The van der Waals surface area contributed by atoms with Crippen LogP contribution in [0.2, 0.25) is 0 Å². The third-order valence-electron chi connectivity index (χ3n) is 6.01. The van der Waals surface area contributed by atoms with Gasteiger partial charge >= 0.3 is 0 Å². The molecule has 3 aromatic rings. The Labute approximate surface area is 236 Å². The Morgan fingerprint density at radius 1 is 0.974 bits per heavy atom. The molecule has 9 heteroatoms. The minimum absolute atomic E-state index is 0.0355. The fourth-order valence-electron chi connectivity index (χ4n) is 3.90. The van der Waals surface area contributed by atoms with Crippen LogP contribution >= 0.6 is 27.7 Å². The van der Waals surface area contributed by atoms with Gasteiger partial charge in [0.25, 0.3) is 5.69 Å². The van der Waals surface area contributed by atoms with Crippen molar-refractivity contribution in [2.75, 3.05) is 12.3 Å². The maximum atomic E-state index is 13.6. The normalized spacial score (nSPS) is 11.5. The summed E-state index contributed by atoms with van der Waals surface area (Å²) in [6.45, 7) is 2.94. The quantitative estimate of drug-likeness (QED) is 0.137. The summed E-state index contributed by atoms with van der Waals surface area (Å²) < 4.78 is 0.941. The van der Waals surface area contributed by atoms with Crippen molar-refractivity contribution < 1.29 is 14.5 Å². The van der Waals surface area contributed by atoms with Crippen LogP contribution < -0.4 is 5.32 Å². The smallest absolute Gasteiger partial charge is 0.269 e. The zero-order chi connectivity index (χ0) is 27.3. The van der Waals surface area contributed by atoms with Gasteiger partial charge in [-0.25, -0.2) is 0 Å². The largest absolute Gasteiger partial charge is 0.354 e. The number of nitro groups is 1. The molecular weight excluding hydrogens is 566 g/mol. The number of halogens is 1. The van der Waals surface area contributed by atoms with Crippen molar-refractivity contribution in [3.63, 3.8) is 0 Å². The number of non-ortho nitro benzene ring substituents is 1. The number of carbonyl (C=O) groups is 2. The maximum absolute atomic E-state index is 13.6. The predicted molar refractivity (Wildman–Crippen MR) is 156 cm³/mol. The lowest BCUT2D eigenvalue weighted by Crippen LogP contribution is -2.51. The lowest BCUT2D eigenvalue weighted by Gasteiger charge is -2.31. The Hall–Kier alpha value is -3.17. The standard InChI is InChI=1S/C29H32BrN3O4S/c1-2-3-17-31-29(35)27(18-22-7-5-4-6-8-22)32(19-23-9-13-25(30)14-10-23)28(34)21-38-20-24-11-15-26(16-12-24)33(36)37/h4-16,27H,2-3,17-21H2,1H3,(H,31,35). The number of nitrogens with one attached hydrogen (secondary N) is 1. The molecule has 0 aromatic heterocycles. The van der Waals surface area contributed by atoms with E-state index in [1.807, 2.05) is 54.6 Å². The highest BCUT2D eigenvalue weighted by molar-refractivity contribution is 9.10. The van der Waals surface area contributed by atoms with E-state index in [4.69, 9.17) is 0 Å². The summed E-state index contributed by atoms with van der Waals surface area (Å²) in [5.41, 5.74) is 2.84. The van der Waals surface area contributed by atoms with Gasteiger partial charge in [0.15, 0.2) is 0 Å². The fraction of sp³-hybridized carbons (Fsp3) is 0.310. The summed E-state index contributed by atoms with van der Waals surface area (Å²) >= 11 is 4.88. The minimum Gasteiger partial charge on any atom is -0.354 e. The Bertz CT molecular complexity index is 1190. The number of benzene rings is 3. The first-order chi connectivity index (χ1) is 18.4. The second-order valence-electron chi connectivity index (χ2n) is 8.91. The van der Waals surface area contributed by atoms with Crippen LogP contribution in [0.25, 0.3) is 0 Å². The fourth-order valence-corrected chi connectivity index (χ4v) is 5.03. The van der Waals surface area contributed by atoms with Crippen LogP contribution in [0, 0.1) is 10.1 Å². The SMILES string of the molecule is CCCCNC(=O)C(Cc1ccccc1)N(Cc1ccc(Br)cc1)C(=O)CSCc1ccc([N+](=O)[O-])cc1. The van der Waals surface area contributed by atoms with Crippen LogP contribution in [-0.4, -0.2) is 40.0 Å². The molecule has 1 atom stereocenters. The molecule has 7 nitrogen and oxygen atoms in total. The van der Waals surface area contributed by atoms with Crippen molar-refractivity contribution in [3.8, 4) is 0 Å². The summed E-state index contributed by atoms with van der Waals surface area (Å²) in [6.07, 6.45) is 2.24. The Morgan fingerprint density at radius 2 is 1.63 bits per heavy atom. The first-order valence-corrected chi connectivity index (χ1v) is 14.5. The monoisotopic (exact) mass is 597 g/mol. The molecule has 0 saturated heterocycles. The number of hydrogen-bond donors (Lipinski definition) is 1. The molecule has 3 rings (SSSR count). The summed E-state index contributed by atoms with van der Waals surface area (Å²) in [5, 5.41) is 13.9. The highest BCUT2D eigenvalue weighted by Gasteiger charge is 2.30. The van der Waals surface area contributed by atoms with Gasteiger partial charge in [-0.2, -0.15) is 0 Å². The van der Waals surface area contributed by atoms with Crippen LogP contribution in [0.4, 0.5) is 5.69 Å². The van der Waals surface area contributed by atoms with Gasteiger partial charge in [-0.05, 0) is 35.2 Å². The summed E-state index contributed by atoms with van der Waals surface area (Å²) in [7, 11) is 0. The minimum atomic E-state index is -0.662. The number of unbranched alkanes of at least 4 members (excludes halogenated alkanes) is 1. The van der Waals surface area contributed by atoms with Gasteiger partial charge in [0, 0.05) is 41.9 Å². The molecule has 0 fully saturated rings. The number of nitrogens with zero attached hydrogens (tertiary/aromatic N) is 2. The second kappa shape index (κ2) is 15.3. The van der Waals surface area contributed by atoms with Gasteiger partial charge in [-0.15, -0.1) is 11.8 Å². The van der Waals surface area contributed by atoms with E-state index in [-0.39, 0.29) is 23.3 Å². The average Bonchev–Trinajstić information content (AvgIpc) is 2.92. The number of rotatable bonds is 14. The van der Waals surface area contributed by atoms with E-state index in [0.717, 1.165) is 34.0 Å². The number of carbonyl (C=O) groups excluding carboxylic acids is 2. The van der Waals surface area contributed by atoms with E-state index in [9.17, 15) is 19.7 Å². The molecule has 2 amide bonds. The summed E-state index contributed by atoms with van der Waals surface area (Å²) in [6, 6.07) is 23.2. The van der Waals surface area contributed by atoms with E-state index < -0.39 is 11.0 Å². The highest BCUT2D eigenvalue weighted by atomic mass is 79.9. The van der Waals surface area contributed by atoms with Crippen LogP contribution in [0.1, 0.15) is 36.5 Å². The number of amides is 2. The molecule has 0 spiro atoms. The van der Waals surface area contributed by atoms with Gasteiger partial charge in [0.1, 0.15) is 6.04 Å². The lowest BCUT2D eigenvalue weighted by molar-refractivity contribution is -0.384. The lowest BCUT2D eigenvalue weighted by atomic mass is 10.0. The van der Waals surface area contributed by atoms with Crippen molar-refractivity contribution in [1.82, 2.24) is 10.2 Å². The second-order valence-corrected chi connectivity index (χ2v) is 10.8. The van der Waals surface area contributed by atoms with Gasteiger partial charge in [-0.3, -0.25) is 19.7 Å². The number of hydrogen-bond acceptors (Lipinski definition) is 5. The molecule has 1 N–H and O–H groups in total. The molecule has 0 bridgehead atoms. The third-order valence-corrected chi connectivity index (χ3v) is 7.53. The Balaban J connectivity index is 1.80. The van der Waals surface area contributed by atoms with E-state index in [0.29, 0.717) is 25.3 Å². The van der Waals surface area contributed by atoms with E-state index in [1.54, 1.807) is 17.0 Å². The summed E-state index contributed by atoms with van der Waals surface area (Å²) in [4.78, 5) is 39.2. The molecule has 0 aliphatic rings. The molecule has 0 aliphatic carbocycles. The summed E-state index contributed by atoms with van der Waals surface area (Å²) in [5.74, 6) is 0.419. The zero-order valence-electron chi connectivity index (χ0n) is 21.3. The predicted octanol–water partition coefficient (Wildman–Crippen LogP) is 6.15. The average molecular weight is 599 g/mol. The van der Waals surface area contributed by atoms with Crippen LogP contribution in [0.15, 0.2) is 83.3 Å². The Morgan fingerprint density at radius 3 is 2.26 bits per heavy atom. The third kappa shape index (κ3) is 9.29. The van der Waals surface area contributed by atoms with Crippen LogP contribution in [0.5, 0.6) is 0 Å². The maximum Gasteiger partial charge on any atom is 0.269 e. The first kappa shape index (κ1) is 29.4. The topological polar surface area (TPSA) is 92.6 Å². The molecule has 0 radical (unpaired) electrons. The van der Waals surface area contributed by atoms with Crippen molar-refractivity contribution in [3.05, 3.63) is 110 Å². The van der Waals surface area contributed by atoms with Gasteiger partial charge in [-0.1, -0.05) is 83.9 Å². The molecule has 0 saturated carbocycles. The number of nitro benzene ring substituents is 1. The van der Waals surface area contributed by atoms with E-state index in [2.05, 4.69) is 28.2 Å². The number of thioether (sulfide) groups is 1. The van der Waals surface area contributed by atoms with Gasteiger partial charge in [0.2, 0.25) is 11.8 Å². The highest BCUT2D eigenvalue weighted by Crippen LogP contribution is 2.21. The molecule has 0 heterocycles. The first-order valence-electron chi connectivity index (χ1n) is 12.5. The van der Waals surface area contributed by atoms with E-state index >= 15 is 0 Å². The molecule has 3 aromatic carbocycles. The van der Waals surface area contributed by atoms with Gasteiger partial charge in [0.05, 0.1) is 10.7 Å². The van der Waals surface area contributed by atoms with Crippen molar-refractivity contribution in [2.24, 2.45) is 0 Å². The zero-order valence-corrected chi connectivity index (χ0v) is 23.7. The van der Waals surface area contributed by atoms with Crippen LogP contribution in [0.3, 0.4) is 0 Å². The van der Waals surface area contributed by atoms with Crippen molar-refractivity contribution >= 4 is 45.2 Å². The van der Waals surface area contributed by atoms with E-state index in [1.165, 1.54) is 23.9 Å². The van der Waals surface area contributed by atoms with Crippen molar-refractivity contribution in [1.29, 1.82) is 0 Å². The van der Waals surface area contributed by atoms with Crippen LogP contribution in [-0.2, 0) is 28.3 Å². The van der Waals surface area contributed by atoms with Crippen molar-refractivity contribution in [2.45, 2.75) is 44.5 Å². The molecule has 1 unspecified atom stereocenters. The molecular formula is C29H32BrN3O4S. The molecule has 0 aliphatic heterocycles. The molecule has 38 heavy (non-hydrogen) atoms. The van der Waals surface area contributed by atoms with Gasteiger partial charge < -0.3 is 10.2 Å². The molecule has 200 valence electrons.